The molecule has 1 aliphatic rings. The number of carbonyl (C=O) groups is 1. The highest BCUT2D eigenvalue weighted by molar-refractivity contribution is 5.80. The van der Waals surface area contributed by atoms with Gasteiger partial charge in [-0.3, -0.25) is 14.6 Å². The first kappa shape index (κ1) is 19.7. The van der Waals surface area contributed by atoms with Crippen LogP contribution < -0.4 is 0 Å². The van der Waals surface area contributed by atoms with Crippen LogP contribution in [0, 0.1) is 6.92 Å². The van der Waals surface area contributed by atoms with Crippen LogP contribution in [0.1, 0.15) is 30.2 Å². The first-order valence-electron chi connectivity index (χ1n) is 10.1. The van der Waals surface area contributed by atoms with Crippen LogP contribution in [0.3, 0.4) is 0 Å². The summed E-state index contributed by atoms with van der Waals surface area (Å²) < 4.78 is 11.1. The maximum absolute atomic E-state index is 12.8. The predicted octanol–water partition coefficient (Wildman–Crippen LogP) is 3.07. The number of fused-ring (bicyclic) bond motifs is 1. The average Bonchev–Trinajstić information content (AvgIpc) is 3.34. The van der Waals surface area contributed by atoms with Crippen molar-refractivity contribution in [1.29, 1.82) is 0 Å². The maximum atomic E-state index is 12.8. The lowest BCUT2D eigenvalue weighted by Gasteiger charge is -2.35. The molecule has 7 heteroatoms. The van der Waals surface area contributed by atoms with Gasteiger partial charge in [0.25, 0.3) is 0 Å². The summed E-state index contributed by atoms with van der Waals surface area (Å²) in [5.74, 6) is 1.76. The molecule has 0 N–H and O–H groups in total. The van der Waals surface area contributed by atoms with Gasteiger partial charge in [0.05, 0.1) is 18.3 Å². The number of benzene rings is 1. The van der Waals surface area contributed by atoms with Gasteiger partial charge in [0.15, 0.2) is 0 Å². The molecule has 29 heavy (non-hydrogen) atoms. The highest BCUT2D eigenvalue weighted by Crippen LogP contribution is 2.26. The van der Waals surface area contributed by atoms with Crippen molar-refractivity contribution in [3.8, 4) is 0 Å². The molecule has 3 aromatic rings. The van der Waals surface area contributed by atoms with E-state index in [-0.39, 0.29) is 11.9 Å². The van der Waals surface area contributed by atoms with Gasteiger partial charge in [-0.2, -0.15) is 0 Å². The van der Waals surface area contributed by atoms with E-state index in [1.54, 1.807) is 4.90 Å². The standard InChI is InChI=1S/C22H28N4O3/c1-16-12-19(23-29-16)14-25-8-10-26(11-9-25)15-22(27)24(3)17(2)21-13-18-6-4-5-7-20(18)28-21/h4-7,12-13,17H,8-11,14-15H2,1-3H3. The van der Waals surface area contributed by atoms with Crippen molar-refractivity contribution in [1.82, 2.24) is 19.9 Å². The van der Waals surface area contributed by atoms with E-state index in [4.69, 9.17) is 8.94 Å². The quantitative estimate of drug-likeness (QED) is 0.638. The van der Waals surface area contributed by atoms with Gasteiger partial charge >= 0.3 is 0 Å². The van der Waals surface area contributed by atoms with Crippen molar-refractivity contribution in [2.45, 2.75) is 26.4 Å². The van der Waals surface area contributed by atoms with E-state index in [9.17, 15) is 4.79 Å². The fraction of sp³-hybridized carbons (Fsp3) is 0.455. The summed E-state index contributed by atoms with van der Waals surface area (Å²) in [6, 6.07) is 11.8. The second-order valence-electron chi connectivity index (χ2n) is 7.85. The third-order valence-electron chi connectivity index (χ3n) is 5.72. The monoisotopic (exact) mass is 396 g/mol. The van der Waals surface area contributed by atoms with Crippen molar-refractivity contribution in [3.63, 3.8) is 0 Å². The molecular weight excluding hydrogens is 368 g/mol. The minimum absolute atomic E-state index is 0.105. The van der Waals surface area contributed by atoms with Crippen LogP contribution in [0.4, 0.5) is 0 Å². The number of carbonyl (C=O) groups excluding carboxylic acids is 1. The lowest BCUT2D eigenvalue weighted by atomic mass is 10.2. The van der Waals surface area contributed by atoms with E-state index >= 15 is 0 Å². The largest absolute Gasteiger partial charge is 0.459 e. The molecule has 1 aliphatic heterocycles. The predicted molar refractivity (Wildman–Crippen MR) is 110 cm³/mol. The summed E-state index contributed by atoms with van der Waals surface area (Å²) >= 11 is 0. The minimum atomic E-state index is -0.105. The van der Waals surface area contributed by atoms with Crippen LogP contribution in [0.15, 0.2) is 45.3 Å². The van der Waals surface area contributed by atoms with Gasteiger partial charge in [-0.05, 0) is 26.0 Å². The van der Waals surface area contributed by atoms with Crippen LogP contribution in [0.5, 0.6) is 0 Å². The lowest BCUT2D eigenvalue weighted by Crippen LogP contribution is -2.49. The second-order valence-corrected chi connectivity index (χ2v) is 7.85. The molecule has 1 fully saturated rings. The zero-order chi connectivity index (χ0) is 20.4. The summed E-state index contributed by atoms with van der Waals surface area (Å²) in [6.45, 7) is 8.71. The Labute approximate surface area is 170 Å². The zero-order valence-corrected chi connectivity index (χ0v) is 17.3. The number of furan rings is 1. The Morgan fingerprint density at radius 1 is 1.17 bits per heavy atom. The van der Waals surface area contributed by atoms with Crippen molar-refractivity contribution in [3.05, 3.63) is 53.6 Å². The van der Waals surface area contributed by atoms with E-state index in [0.29, 0.717) is 6.54 Å². The number of aromatic nitrogens is 1. The lowest BCUT2D eigenvalue weighted by molar-refractivity contribution is -0.133. The minimum Gasteiger partial charge on any atom is -0.459 e. The molecule has 1 amide bonds. The third-order valence-corrected chi connectivity index (χ3v) is 5.72. The fourth-order valence-corrected chi connectivity index (χ4v) is 3.75. The molecule has 0 radical (unpaired) electrons. The fourth-order valence-electron chi connectivity index (χ4n) is 3.75. The zero-order valence-electron chi connectivity index (χ0n) is 17.3. The first-order chi connectivity index (χ1) is 14.0. The number of aryl methyl sites for hydroxylation is 1. The molecule has 7 nitrogen and oxygen atoms in total. The first-order valence-corrected chi connectivity index (χ1v) is 10.1. The Kier molecular flexibility index (Phi) is 5.69. The topological polar surface area (TPSA) is 66.0 Å². The highest BCUT2D eigenvalue weighted by Gasteiger charge is 2.25. The van der Waals surface area contributed by atoms with Gasteiger partial charge in [0.1, 0.15) is 17.1 Å². The van der Waals surface area contributed by atoms with E-state index in [1.165, 1.54) is 0 Å². The summed E-state index contributed by atoms with van der Waals surface area (Å²) in [6.07, 6.45) is 0. The highest BCUT2D eigenvalue weighted by atomic mass is 16.5. The summed E-state index contributed by atoms with van der Waals surface area (Å²) in [5, 5.41) is 5.13. The van der Waals surface area contributed by atoms with E-state index in [0.717, 1.165) is 60.9 Å². The van der Waals surface area contributed by atoms with Crippen LogP contribution in [-0.2, 0) is 11.3 Å². The van der Waals surface area contributed by atoms with Crippen LogP contribution >= 0.6 is 0 Å². The Hall–Kier alpha value is -2.64. The van der Waals surface area contributed by atoms with Crippen molar-refractivity contribution in [2.24, 2.45) is 0 Å². The van der Waals surface area contributed by atoms with Gasteiger partial charge in [0.2, 0.25) is 5.91 Å². The molecule has 1 unspecified atom stereocenters. The van der Waals surface area contributed by atoms with Gasteiger partial charge in [-0.1, -0.05) is 23.4 Å². The number of nitrogens with zero attached hydrogens (tertiary/aromatic N) is 4. The summed E-state index contributed by atoms with van der Waals surface area (Å²) in [5.41, 5.74) is 1.82. The van der Waals surface area contributed by atoms with Gasteiger partial charge in [-0.15, -0.1) is 0 Å². The average molecular weight is 396 g/mol. The molecule has 4 rings (SSSR count). The van der Waals surface area contributed by atoms with Crippen molar-refractivity contribution >= 4 is 16.9 Å². The Balaban J connectivity index is 1.28. The number of rotatable bonds is 6. The maximum Gasteiger partial charge on any atom is 0.237 e. The Bertz CT molecular complexity index is 938. The second kappa shape index (κ2) is 8.39. The molecule has 154 valence electrons. The molecule has 1 saturated heterocycles. The smallest absolute Gasteiger partial charge is 0.237 e. The molecule has 1 atom stereocenters. The van der Waals surface area contributed by atoms with E-state index in [1.807, 2.05) is 57.3 Å². The Morgan fingerprint density at radius 3 is 2.59 bits per heavy atom. The molecule has 0 saturated carbocycles. The normalized spacial score (nSPS) is 16.9. The van der Waals surface area contributed by atoms with Gasteiger partial charge < -0.3 is 13.8 Å². The molecule has 3 heterocycles. The van der Waals surface area contributed by atoms with Crippen molar-refractivity contribution in [2.75, 3.05) is 39.8 Å². The number of hydrogen-bond acceptors (Lipinski definition) is 6. The number of likely N-dealkylation sites (N-methyl/N-ethyl adjacent to an activating group) is 1. The molecular formula is C22H28N4O3. The van der Waals surface area contributed by atoms with Crippen molar-refractivity contribution < 1.29 is 13.7 Å². The van der Waals surface area contributed by atoms with E-state index in [2.05, 4.69) is 15.0 Å². The van der Waals surface area contributed by atoms with Crippen LogP contribution in [0.2, 0.25) is 0 Å². The van der Waals surface area contributed by atoms with Gasteiger partial charge in [-0.25, -0.2) is 0 Å². The summed E-state index contributed by atoms with van der Waals surface area (Å²) in [7, 11) is 1.85. The number of piperazine rings is 1. The molecule has 0 aliphatic carbocycles. The molecule has 1 aromatic carbocycles. The molecule has 2 aromatic heterocycles. The number of amides is 1. The van der Waals surface area contributed by atoms with E-state index < -0.39 is 0 Å². The molecule has 0 spiro atoms. The van der Waals surface area contributed by atoms with Gasteiger partial charge in [0, 0.05) is 51.2 Å². The third kappa shape index (κ3) is 4.52. The van der Waals surface area contributed by atoms with Crippen LogP contribution in [-0.4, -0.2) is 65.5 Å². The number of hydrogen-bond donors (Lipinski definition) is 0. The summed E-state index contributed by atoms with van der Waals surface area (Å²) in [4.78, 5) is 19.2. The molecule has 0 bridgehead atoms. The SMILES string of the molecule is Cc1cc(CN2CCN(CC(=O)N(C)C(C)c3cc4ccccc4o3)CC2)no1. The van der Waals surface area contributed by atoms with Crippen LogP contribution in [0.25, 0.3) is 11.0 Å². The number of para-hydroxylation sites is 1. The Morgan fingerprint density at radius 2 is 1.90 bits per heavy atom.